The molecule has 9 heteroatoms. The predicted octanol–water partition coefficient (Wildman–Crippen LogP) is 12.2. The fourth-order valence-electron chi connectivity index (χ4n) is 7.00. The number of hydrogen-bond acceptors (Lipinski definition) is 9. The molecule has 1 unspecified atom stereocenters. The van der Waals surface area contributed by atoms with Crippen molar-refractivity contribution in [3.8, 4) is 0 Å². The summed E-state index contributed by atoms with van der Waals surface area (Å²) in [5.74, 6) is -1.43. The number of carbonyl (C=O) groups is 3. The Hall–Kier alpha value is -2.23. The lowest BCUT2D eigenvalue weighted by atomic mass is 9.97. The number of likely N-dealkylation sites (tertiary alicyclic amines) is 1. The number of piperidine rings is 1. The summed E-state index contributed by atoms with van der Waals surface area (Å²) in [6.45, 7) is 9.73. The number of rotatable bonds is 40. The third-order valence-electron chi connectivity index (χ3n) is 11.0. The summed E-state index contributed by atoms with van der Waals surface area (Å²) in [6.07, 6.45) is 37.6. The van der Waals surface area contributed by atoms with Crippen LogP contribution in [0.1, 0.15) is 201 Å². The molecule has 0 radical (unpaired) electrons. The van der Waals surface area contributed by atoms with Gasteiger partial charge in [0.05, 0.1) is 18.3 Å². The Morgan fingerprint density at radius 2 is 1.00 bits per heavy atom. The molecule has 0 bridgehead atoms. The number of ether oxygens (including phenoxy) is 5. The van der Waals surface area contributed by atoms with E-state index in [0.29, 0.717) is 26.1 Å². The van der Waals surface area contributed by atoms with Gasteiger partial charge in [-0.1, -0.05) is 141 Å². The first kappa shape index (κ1) is 53.8. The van der Waals surface area contributed by atoms with Gasteiger partial charge in [-0.2, -0.15) is 0 Å². The van der Waals surface area contributed by atoms with E-state index in [4.69, 9.17) is 23.7 Å². The molecule has 1 fully saturated rings. The van der Waals surface area contributed by atoms with E-state index < -0.39 is 12.2 Å². The standard InChI is InChI=1S/C49H89NO8/c1-5-8-11-14-17-18-19-20-21-22-23-24-25-26-29-32-46(51)56-41-44(43-58-49(53)45-35-37-50(4)38-36-45)42-57-47(52)33-34-48(54-39-30-27-15-12-9-6-2)55-40-31-28-16-13-10-7-3/h17-18,20-21,44-45,48H,5-16,19,22-43H2,1-4H3. The van der Waals surface area contributed by atoms with E-state index in [2.05, 4.69) is 57.0 Å². The number of allylic oxidation sites excluding steroid dienone is 4. The molecule has 0 saturated carbocycles. The first-order valence-corrected chi connectivity index (χ1v) is 24.1. The summed E-state index contributed by atoms with van der Waals surface area (Å²) in [5.41, 5.74) is 0. The van der Waals surface area contributed by atoms with Gasteiger partial charge in [0.15, 0.2) is 6.29 Å². The number of unbranched alkanes of at least 4 members (excludes halogenated alkanes) is 18. The van der Waals surface area contributed by atoms with Crippen molar-refractivity contribution in [3.63, 3.8) is 0 Å². The minimum Gasteiger partial charge on any atom is -0.465 e. The molecule has 0 N–H and O–H groups in total. The zero-order chi connectivity index (χ0) is 42.2. The van der Waals surface area contributed by atoms with Gasteiger partial charge in [-0.05, 0) is 84.3 Å². The Morgan fingerprint density at radius 1 is 0.552 bits per heavy atom. The Bertz CT molecular complexity index is 1010. The van der Waals surface area contributed by atoms with Gasteiger partial charge in [-0.25, -0.2) is 0 Å². The third kappa shape index (κ3) is 33.6. The van der Waals surface area contributed by atoms with Gasteiger partial charge in [0.2, 0.25) is 0 Å². The van der Waals surface area contributed by atoms with E-state index in [0.717, 1.165) is 96.6 Å². The largest absolute Gasteiger partial charge is 0.465 e. The summed E-state index contributed by atoms with van der Waals surface area (Å²) in [4.78, 5) is 40.7. The van der Waals surface area contributed by atoms with Crippen LogP contribution in [-0.4, -0.2) is 82.3 Å². The smallest absolute Gasteiger partial charge is 0.309 e. The van der Waals surface area contributed by atoms with Crippen LogP contribution in [0, 0.1) is 11.8 Å². The minimum absolute atomic E-state index is 0.0123. The Kier molecular flexibility index (Phi) is 37.3. The van der Waals surface area contributed by atoms with Gasteiger partial charge in [-0.3, -0.25) is 14.4 Å². The van der Waals surface area contributed by atoms with Gasteiger partial charge in [0, 0.05) is 26.1 Å². The molecular formula is C49H89NO8. The summed E-state index contributed by atoms with van der Waals surface area (Å²) in [5, 5.41) is 0. The van der Waals surface area contributed by atoms with Crippen molar-refractivity contribution in [1.29, 1.82) is 0 Å². The molecule has 1 aliphatic rings. The zero-order valence-electron chi connectivity index (χ0n) is 38.0. The van der Waals surface area contributed by atoms with Gasteiger partial charge < -0.3 is 28.6 Å². The van der Waals surface area contributed by atoms with Crippen LogP contribution >= 0.6 is 0 Å². The molecule has 0 amide bonds. The first-order chi connectivity index (χ1) is 28.4. The molecule has 0 spiro atoms. The number of esters is 3. The number of nitrogens with zero attached hydrogens (tertiary/aromatic N) is 1. The molecule has 1 rings (SSSR count). The second kappa shape index (κ2) is 40.2. The lowest BCUT2D eigenvalue weighted by Gasteiger charge is -2.28. The molecule has 9 nitrogen and oxygen atoms in total. The van der Waals surface area contributed by atoms with Gasteiger partial charge >= 0.3 is 17.9 Å². The average Bonchev–Trinajstić information content (AvgIpc) is 3.22. The number of carbonyl (C=O) groups excluding carboxylic acids is 3. The molecule has 1 saturated heterocycles. The van der Waals surface area contributed by atoms with Crippen molar-refractivity contribution in [2.24, 2.45) is 11.8 Å². The molecule has 0 aliphatic carbocycles. The first-order valence-electron chi connectivity index (χ1n) is 24.1. The lowest BCUT2D eigenvalue weighted by Crippen LogP contribution is -2.35. The van der Waals surface area contributed by atoms with Crippen LogP contribution in [0.2, 0.25) is 0 Å². The van der Waals surface area contributed by atoms with Crippen molar-refractivity contribution < 1.29 is 38.1 Å². The third-order valence-corrected chi connectivity index (χ3v) is 11.0. The maximum Gasteiger partial charge on any atom is 0.309 e. The fourth-order valence-corrected chi connectivity index (χ4v) is 7.00. The van der Waals surface area contributed by atoms with Crippen molar-refractivity contribution in [3.05, 3.63) is 24.3 Å². The highest BCUT2D eigenvalue weighted by Gasteiger charge is 2.26. The van der Waals surface area contributed by atoms with E-state index in [1.54, 1.807) is 0 Å². The second-order valence-corrected chi connectivity index (χ2v) is 16.7. The second-order valence-electron chi connectivity index (χ2n) is 16.7. The molecule has 0 aromatic carbocycles. The van der Waals surface area contributed by atoms with Crippen molar-refractivity contribution in [2.75, 3.05) is 53.2 Å². The van der Waals surface area contributed by atoms with Crippen LogP contribution < -0.4 is 0 Å². The van der Waals surface area contributed by atoms with E-state index in [-0.39, 0.29) is 50.1 Å². The quantitative estimate of drug-likeness (QED) is 0.0197. The summed E-state index contributed by atoms with van der Waals surface area (Å²) in [6, 6.07) is 0. The highest BCUT2D eigenvalue weighted by atomic mass is 16.7. The lowest BCUT2D eigenvalue weighted by molar-refractivity contribution is -0.162. The van der Waals surface area contributed by atoms with Crippen LogP contribution in [-0.2, 0) is 38.1 Å². The molecule has 0 aromatic rings. The van der Waals surface area contributed by atoms with Gasteiger partial charge in [0.25, 0.3) is 0 Å². The number of hydrogen-bond donors (Lipinski definition) is 0. The topological polar surface area (TPSA) is 101 Å². The van der Waals surface area contributed by atoms with Gasteiger partial charge in [-0.15, -0.1) is 0 Å². The van der Waals surface area contributed by atoms with Crippen LogP contribution in [0.15, 0.2) is 24.3 Å². The maximum atomic E-state index is 13.0. The summed E-state index contributed by atoms with van der Waals surface area (Å²) >= 11 is 0. The van der Waals surface area contributed by atoms with Crippen molar-refractivity contribution in [1.82, 2.24) is 4.90 Å². The van der Waals surface area contributed by atoms with Crippen LogP contribution in [0.5, 0.6) is 0 Å². The van der Waals surface area contributed by atoms with E-state index in [1.165, 1.54) is 77.0 Å². The fraction of sp³-hybridized carbons (Fsp3) is 0.857. The monoisotopic (exact) mass is 820 g/mol. The predicted molar refractivity (Wildman–Crippen MR) is 238 cm³/mol. The molecular weight excluding hydrogens is 731 g/mol. The highest BCUT2D eigenvalue weighted by Crippen LogP contribution is 2.19. The molecule has 1 aliphatic heterocycles. The summed E-state index contributed by atoms with van der Waals surface area (Å²) < 4.78 is 29.2. The zero-order valence-corrected chi connectivity index (χ0v) is 38.0. The van der Waals surface area contributed by atoms with Gasteiger partial charge in [0.1, 0.15) is 19.8 Å². The minimum atomic E-state index is -0.444. The van der Waals surface area contributed by atoms with Crippen LogP contribution in [0.4, 0.5) is 0 Å². The highest BCUT2D eigenvalue weighted by molar-refractivity contribution is 5.72. The molecule has 58 heavy (non-hydrogen) atoms. The summed E-state index contributed by atoms with van der Waals surface area (Å²) in [7, 11) is 2.06. The Labute approximate surface area is 356 Å². The molecule has 0 aromatic heterocycles. The SMILES string of the molecule is CCCCCC=CCC=CCCCCCCCC(=O)OCC(COC(=O)CCC(OCCCCCCCC)OCCCCCCCC)COC(=O)C1CCN(C)CC1. The van der Waals surface area contributed by atoms with E-state index >= 15 is 0 Å². The van der Waals surface area contributed by atoms with Crippen molar-refractivity contribution >= 4 is 17.9 Å². The van der Waals surface area contributed by atoms with E-state index in [1.807, 2.05) is 0 Å². The maximum absolute atomic E-state index is 13.0. The normalized spacial score (nSPS) is 14.5. The molecule has 1 atom stereocenters. The van der Waals surface area contributed by atoms with E-state index in [9.17, 15) is 14.4 Å². The Morgan fingerprint density at radius 3 is 1.57 bits per heavy atom. The molecule has 1 heterocycles. The van der Waals surface area contributed by atoms with Crippen molar-refractivity contribution in [2.45, 2.75) is 207 Å². The van der Waals surface area contributed by atoms with Crippen LogP contribution in [0.3, 0.4) is 0 Å². The molecule has 338 valence electrons. The average molecular weight is 820 g/mol. The Balaban J connectivity index is 2.50. The van der Waals surface area contributed by atoms with Crippen LogP contribution in [0.25, 0.3) is 0 Å².